The normalized spacial score (nSPS) is 12.6. The lowest BCUT2D eigenvalue weighted by atomic mass is 10.0. The second kappa shape index (κ2) is 12.6. The molecule has 0 spiro atoms. The molecule has 1 aromatic carbocycles. The molecule has 0 saturated carbocycles. The van der Waals surface area contributed by atoms with Gasteiger partial charge in [0.2, 0.25) is 5.88 Å². The van der Waals surface area contributed by atoms with Crippen molar-refractivity contribution in [2.45, 2.75) is 39.1 Å². The molecule has 16 heteroatoms. The molecule has 0 fully saturated rings. The van der Waals surface area contributed by atoms with E-state index in [1.165, 1.54) is 17.5 Å². The molecule has 0 aliphatic rings. The lowest BCUT2D eigenvalue weighted by Crippen LogP contribution is -2.54. The number of rotatable bonds is 8. The molecule has 2 aromatic heterocycles. The Balaban J connectivity index is 0.000000708. The van der Waals surface area contributed by atoms with Crippen molar-refractivity contribution in [1.29, 1.82) is 0 Å². The second-order valence-corrected chi connectivity index (χ2v) is 8.73. The molecule has 0 saturated heterocycles. The summed E-state index contributed by atoms with van der Waals surface area (Å²) in [6.07, 6.45) is -6.50. The zero-order valence-electron chi connectivity index (χ0n) is 21.2. The molecule has 40 heavy (non-hydrogen) atoms. The zero-order chi connectivity index (χ0) is 30.4. The van der Waals surface area contributed by atoms with E-state index in [-0.39, 0.29) is 23.6 Å². The van der Waals surface area contributed by atoms with Crippen LogP contribution in [-0.4, -0.2) is 62.7 Å². The van der Waals surface area contributed by atoms with Gasteiger partial charge in [-0.25, -0.2) is 22.8 Å². The summed E-state index contributed by atoms with van der Waals surface area (Å²) < 4.78 is 79.9. The van der Waals surface area contributed by atoms with Gasteiger partial charge >= 0.3 is 18.2 Å². The third kappa shape index (κ3) is 8.00. The van der Waals surface area contributed by atoms with E-state index in [0.717, 1.165) is 12.1 Å². The first kappa shape index (κ1) is 31.7. The van der Waals surface area contributed by atoms with Gasteiger partial charge in [-0.3, -0.25) is 4.79 Å². The number of carboxylic acid groups (broad SMARTS) is 2. The van der Waals surface area contributed by atoms with Crippen molar-refractivity contribution in [2.75, 3.05) is 13.2 Å². The fourth-order valence-corrected chi connectivity index (χ4v) is 3.31. The summed E-state index contributed by atoms with van der Waals surface area (Å²) >= 11 is 0. The Labute approximate surface area is 222 Å². The average Bonchev–Trinajstić information content (AvgIpc) is 3.17. The molecular formula is C24H24F6N4O6. The van der Waals surface area contributed by atoms with Gasteiger partial charge in [-0.2, -0.15) is 22.8 Å². The van der Waals surface area contributed by atoms with Crippen molar-refractivity contribution in [3.8, 4) is 5.88 Å². The van der Waals surface area contributed by atoms with E-state index < -0.39 is 54.6 Å². The number of halogens is 6. The van der Waals surface area contributed by atoms with Crippen LogP contribution in [0.4, 0.5) is 31.1 Å². The van der Waals surface area contributed by atoms with E-state index in [1.807, 2.05) is 5.32 Å². The van der Waals surface area contributed by atoms with Gasteiger partial charge in [-0.15, -0.1) is 0 Å². The lowest BCUT2D eigenvalue weighted by molar-refractivity contribution is -0.192. The molecule has 4 N–H and O–H groups in total. The topological polar surface area (TPSA) is 142 Å². The Kier molecular flexibility index (Phi) is 9.97. The van der Waals surface area contributed by atoms with Gasteiger partial charge in [-0.1, -0.05) is 6.07 Å². The molecule has 0 bridgehead atoms. The van der Waals surface area contributed by atoms with Crippen molar-refractivity contribution < 1.29 is 55.7 Å². The molecule has 1 unspecified atom stereocenters. The third-order valence-electron chi connectivity index (χ3n) is 5.26. The first-order chi connectivity index (χ1) is 18.5. The lowest BCUT2D eigenvalue weighted by Gasteiger charge is -2.26. The van der Waals surface area contributed by atoms with Crippen LogP contribution in [0.15, 0.2) is 30.3 Å². The highest BCUT2D eigenvalue weighted by atomic mass is 19.4. The van der Waals surface area contributed by atoms with E-state index in [4.69, 9.17) is 19.7 Å². The molecule has 0 aliphatic heterocycles. The average molecular weight is 578 g/mol. The SMILES string of the molecule is Cc1cc(OCc2c(F)cccc2F)n2nc(C)c(C(=O)NCC(C)(CF)NC(=O)O)c2c1.O=C(O)C(F)(F)F. The molecule has 3 aromatic rings. The molecule has 2 amide bonds. The first-order valence-electron chi connectivity index (χ1n) is 11.2. The van der Waals surface area contributed by atoms with Crippen molar-refractivity contribution in [2.24, 2.45) is 0 Å². The summed E-state index contributed by atoms with van der Waals surface area (Å²) in [4.78, 5) is 32.7. The summed E-state index contributed by atoms with van der Waals surface area (Å²) in [5.74, 6) is -4.68. The number of pyridine rings is 1. The number of fused-ring (bicyclic) bond motifs is 1. The van der Waals surface area contributed by atoms with Crippen LogP contribution in [0.5, 0.6) is 5.88 Å². The molecule has 0 radical (unpaired) electrons. The van der Waals surface area contributed by atoms with Gasteiger partial charge in [0.15, 0.2) is 0 Å². The Bertz CT molecular complexity index is 1390. The Hall–Kier alpha value is -4.50. The standard InChI is InChI=1S/C22H23F3N4O4.C2HF3O2/c1-12-7-17-19(20(30)26-11-22(3,10-23)27-21(31)32)13(2)28-29(17)18(8-12)33-9-14-15(24)5-4-6-16(14)25;3-2(4,5)1(6)7/h4-8,27H,9-11H2,1-3H3,(H,26,30)(H,31,32);(H,6,7). The number of hydrogen-bond donors (Lipinski definition) is 4. The van der Waals surface area contributed by atoms with Crippen LogP contribution in [0.25, 0.3) is 5.52 Å². The number of nitrogens with one attached hydrogen (secondary N) is 2. The number of aliphatic carboxylic acids is 1. The summed E-state index contributed by atoms with van der Waals surface area (Å²) in [7, 11) is 0. The first-order valence-corrected chi connectivity index (χ1v) is 11.2. The third-order valence-corrected chi connectivity index (χ3v) is 5.26. The Morgan fingerprint density at radius 3 is 2.15 bits per heavy atom. The van der Waals surface area contributed by atoms with Crippen molar-refractivity contribution in [3.63, 3.8) is 0 Å². The van der Waals surface area contributed by atoms with Crippen LogP contribution in [0, 0.1) is 25.5 Å². The molecule has 0 aliphatic carbocycles. The van der Waals surface area contributed by atoms with E-state index in [1.54, 1.807) is 26.0 Å². The largest absolute Gasteiger partial charge is 0.490 e. The summed E-state index contributed by atoms with van der Waals surface area (Å²) in [6, 6.07) is 6.78. The van der Waals surface area contributed by atoms with Crippen LogP contribution in [-0.2, 0) is 11.4 Å². The molecular weight excluding hydrogens is 554 g/mol. The minimum absolute atomic E-state index is 0.163. The zero-order valence-corrected chi connectivity index (χ0v) is 21.2. The minimum Gasteiger partial charge on any atom is -0.475 e. The fourth-order valence-electron chi connectivity index (χ4n) is 3.31. The number of ether oxygens (including phenoxy) is 1. The predicted octanol–water partition coefficient (Wildman–Crippen LogP) is 4.17. The number of amides is 2. The highest BCUT2D eigenvalue weighted by molar-refractivity contribution is 6.02. The Morgan fingerprint density at radius 2 is 1.65 bits per heavy atom. The van der Waals surface area contributed by atoms with Crippen molar-refractivity contribution >= 4 is 23.5 Å². The fraction of sp³-hybridized carbons (Fsp3) is 0.333. The number of alkyl halides is 4. The molecule has 1 atom stereocenters. The summed E-state index contributed by atoms with van der Waals surface area (Å²) in [5.41, 5.74) is -0.189. The number of nitrogens with zero attached hydrogens (tertiary/aromatic N) is 2. The summed E-state index contributed by atoms with van der Waals surface area (Å²) in [5, 5.41) is 24.9. The van der Waals surface area contributed by atoms with Gasteiger partial charge < -0.3 is 25.6 Å². The van der Waals surface area contributed by atoms with Crippen molar-refractivity contribution in [1.82, 2.24) is 20.2 Å². The smallest absolute Gasteiger partial charge is 0.475 e. The van der Waals surface area contributed by atoms with E-state index in [0.29, 0.717) is 16.8 Å². The van der Waals surface area contributed by atoms with Gasteiger partial charge in [0.25, 0.3) is 5.91 Å². The van der Waals surface area contributed by atoms with Gasteiger partial charge in [0.05, 0.1) is 27.9 Å². The number of aryl methyl sites for hydroxylation is 2. The predicted molar refractivity (Wildman–Crippen MR) is 127 cm³/mol. The molecule has 3 rings (SSSR count). The maximum atomic E-state index is 13.9. The van der Waals surface area contributed by atoms with E-state index in [9.17, 15) is 35.9 Å². The maximum absolute atomic E-state index is 13.9. The monoisotopic (exact) mass is 578 g/mol. The van der Waals surface area contributed by atoms with Crippen LogP contribution in [0.2, 0.25) is 0 Å². The number of carboxylic acids is 1. The van der Waals surface area contributed by atoms with Crippen molar-refractivity contribution in [3.05, 3.63) is 64.4 Å². The second-order valence-electron chi connectivity index (χ2n) is 8.73. The highest BCUT2D eigenvalue weighted by Gasteiger charge is 2.38. The van der Waals surface area contributed by atoms with Crippen LogP contribution in [0.1, 0.15) is 34.1 Å². The minimum atomic E-state index is -5.08. The van der Waals surface area contributed by atoms with Crippen LogP contribution < -0.4 is 15.4 Å². The van der Waals surface area contributed by atoms with Crippen LogP contribution >= 0.6 is 0 Å². The number of aromatic nitrogens is 2. The highest BCUT2D eigenvalue weighted by Crippen LogP contribution is 2.25. The summed E-state index contributed by atoms with van der Waals surface area (Å²) in [6.45, 7) is 2.93. The molecule has 2 heterocycles. The van der Waals surface area contributed by atoms with Gasteiger partial charge in [-0.05, 0) is 44.5 Å². The number of carbonyl (C=O) groups excluding carboxylic acids is 1. The number of hydrogen-bond acceptors (Lipinski definition) is 5. The number of carbonyl (C=O) groups is 3. The van der Waals surface area contributed by atoms with E-state index in [2.05, 4.69) is 10.4 Å². The molecule has 218 valence electrons. The Morgan fingerprint density at radius 1 is 1.07 bits per heavy atom. The van der Waals surface area contributed by atoms with E-state index >= 15 is 0 Å². The quantitative estimate of drug-likeness (QED) is 0.294. The number of benzene rings is 1. The maximum Gasteiger partial charge on any atom is 0.490 e. The van der Waals surface area contributed by atoms with Gasteiger partial charge in [0.1, 0.15) is 24.9 Å². The van der Waals surface area contributed by atoms with Crippen LogP contribution in [0.3, 0.4) is 0 Å². The molecule has 10 nitrogen and oxygen atoms in total. The van der Waals surface area contributed by atoms with Gasteiger partial charge in [0, 0.05) is 12.6 Å².